The second-order valence-electron chi connectivity index (χ2n) is 8.59. The first-order chi connectivity index (χ1) is 17.6. The van der Waals surface area contributed by atoms with E-state index in [1.807, 2.05) is 6.92 Å². The average molecular weight is 511 g/mol. The van der Waals surface area contributed by atoms with Gasteiger partial charge in [0.15, 0.2) is 18.3 Å². The fourth-order valence-corrected chi connectivity index (χ4v) is 3.55. The number of nitrogens with two attached hydrogens (primary N) is 1. The van der Waals surface area contributed by atoms with Crippen molar-refractivity contribution in [2.45, 2.75) is 19.3 Å². The van der Waals surface area contributed by atoms with Gasteiger partial charge in [-0.15, -0.1) is 0 Å². The van der Waals surface area contributed by atoms with Crippen LogP contribution in [0.4, 0.5) is 42.1 Å². The molecule has 2 aromatic heterocycles. The van der Waals surface area contributed by atoms with Crippen LogP contribution in [0.5, 0.6) is 0 Å². The summed E-state index contributed by atoms with van der Waals surface area (Å²) >= 11 is 0. The summed E-state index contributed by atoms with van der Waals surface area (Å²) in [5.74, 6) is -3.28. The highest BCUT2D eigenvalue weighted by atomic mass is 19.3. The molecule has 0 unspecified atom stereocenters. The lowest BCUT2D eigenvalue weighted by Crippen LogP contribution is -2.22. The normalized spacial score (nSPS) is 13.6. The Kier molecular flexibility index (Phi) is 7.09. The molecular formula is C25H25F3N8O. The Morgan fingerprint density at radius 2 is 1.97 bits per heavy atom. The second kappa shape index (κ2) is 10.2. The molecule has 0 bridgehead atoms. The Labute approximate surface area is 211 Å². The maximum Gasteiger partial charge on any atom is 0.301 e. The standard InChI is InChI=1S/C25H25F3N8O/c1-14-8-9-17(32-23(37)15-6-4-5-7-16(10-15)25(27,28)12-26)11-18(14)33-22-20-19(30-13-31-22)21(29)35-24(34-20)36(2)3/h4-5,7-11,13H,6,12H2,1-3H3,(H,32,37)(H2,29,34,35)(H,30,31,33). The molecule has 2 heterocycles. The SMILES string of the molecule is Cc1ccc(NC(=O)C2=CC(C(F)(F)CF)=CC=CC2)cc1Nc1ncnc2c(N)nc(N(C)C)nc12. The van der Waals surface area contributed by atoms with E-state index >= 15 is 0 Å². The Morgan fingerprint density at radius 1 is 1.19 bits per heavy atom. The minimum Gasteiger partial charge on any atom is -0.382 e. The third kappa shape index (κ3) is 5.52. The molecule has 4 N–H and O–H groups in total. The maximum absolute atomic E-state index is 13.9. The molecule has 0 spiro atoms. The van der Waals surface area contributed by atoms with E-state index in [-0.39, 0.29) is 17.8 Å². The zero-order valence-corrected chi connectivity index (χ0v) is 20.4. The summed E-state index contributed by atoms with van der Waals surface area (Å²) in [6, 6.07) is 5.14. The molecule has 0 radical (unpaired) electrons. The summed E-state index contributed by atoms with van der Waals surface area (Å²) < 4.78 is 40.6. The summed E-state index contributed by atoms with van der Waals surface area (Å²) in [5, 5.41) is 5.92. The molecular weight excluding hydrogens is 485 g/mol. The number of allylic oxidation sites excluding steroid dienone is 5. The second-order valence-corrected chi connectivity index (χ2v) is 8.59. The minimum absolute atomic E-state index is 0.0772. The predicted octanol–water partition coefficient (Wildman–Crippen LogP) is 4.48. The first-order valence-electron chi connectivity index (χ1n) is 11.3. The summed E-state index contributed by atoms with van der Waals surface area (Å²) in [7, 11) is 3.57. The lowest BCUT2D eigenvalue weighted by Gasteiger charge is -2.16. The number of anilines is 5. The number of rotatable bonds is 7. The van der Waals surface area contributed by atoms with E-state index in [2.05, 4.69) is 30.6 Å². The number of hydrogen-bond donors (Lipinski definition) is 3. The first kappa shape index (κ1) is 25.6. The van der Waals surface area contributed by atoms with E-state index in [0.717, 1.165) is 17.7 Å². The van der Waals surface area contributed by atoms with Gasteiger partial charge in [-0.2, -0.15) is 13.8 Å². The van der Waals surface area contributed by atoms with E-state index in [4.69, 9.17) is 5.73 Å². The molecule has 3 aromatic rings. The highest BCUT2D eigenvalue weighted by Crippen LogP contribution is 2.31. The maximum atomic E-state index is 13.9. The van der Waals surface area contributed by atoms with Crippen molar-refractivity contribution in [2.75, 3.05) is 42.0 Å². The summed E-state index contributed by atoms with van der Waals surface area (Å²) in [6.07, 6.45) is 6.54. The van der Waals surface area contributed by atoms with Crippen molar-refractivity contribution >= 4 is 45.9 Å². The number of amides is 1. The smallest absolute Gasteiger partial charge is 0.301 e. The van der Waals surface area contributed by atoms with Crippen LogP contribution in [0, 0.1) is 6.92 Å². The molecule has 0 saturated carbocycles. The molecule has 9 nitrogen and oxygen atoms in total. The zero-order chi connectivity index (χ0) is 26.7. The number of nitrogens with zero attached hydrogens (tertiary/aromatic N) is 5. The van der Waals surface area contributed by atoms with E-state index in [0.29, 0.717) is 34.2 Å². The van der Waals surface area contributed by atoms with Crippen LogP contribution in [0.15, 0.2) is 60.0 Å². The lowest BCUT2D eigenvalue weighted by molar-refractivity contribution is -0.112. The molecule has 0 atom stereocenters. The Hall–Kier alpha value is -4.48. The Bertz CT molecular complexity index is 1450. The number of fused-ring (bicyclic) bond motifs is 1. The van der Waals surface area contributed by atoms with Crippen molar-refractivity contribution in [3.8, 4) is 0 Å². The number of nitrogens with one attached hydrogen (secondary N) is 2. The molecule has 12 heteroatoms. The van der Waals surface area contributed by atoms with Gasteiger partial charge in [0, 0.05) is 36.6 Å². The van der Waals surface area contributed by atoms with Gasteiger partial charge in [0.05, 0.1) is 0 Å². The predicted molar refractivity (Wildman–Crippen MR) is 138 cm³/mol. The molecule has 192 valence electrons. The number of nitrogen functional groups attached to an aromatic ring is 1. The van der Waals surface area contributed by atoms with Crippen LogP contribution < -0.4 is 21.3 Å². The van der Waals surface area contributed by atoms with Crippen LogP contribution in [0.2, 0.25) is 0 Å². The van der Waals surface area contributed by atoms with Gasteiger partial charge in [-0.25, -0.2) is 19.3 Å². The fourth-order valence-electron chi connectivity index (χ4n) is 3.55. The van der Waals surface area contributed by atoms with Crippen molar-refractivity contribution in [2.24, 2.45) is 0 Å². The largest absolute Gasteiger partial charge is 0.382 e. The lowest BCUT2D eigenvalue weighted by atomic mass is 10.0. The highest BCUT2D eigenvalue weighted by Gasteiger charge is 2.33. The molecule has 1 aliphatic carbocycles. The average Bonchev–Trinajstić information content (AvgIpc) is 3.13. The van der Waals surface area contributed by atoms with E-state index in [1.54, 1.807) is 43.3 Å². The van der Waals surface area contributed by atoms with Crippen molar-refractivity contribution < 1.29 is 18.0 Å². The van der Waals surface area contributed by atoms with Crippen LogP contribution in [-0.4, -0.2) is 52.5 Å². The van der Waals surface area contributed by atoms with Crippen LogP contribution in [0.25, 0.3) is 11.0 Å². The van der Waals surface area contributed by atoms with Crippen molar-refractivity contribution in [1.82, 2.24) is 19.9 Å². The van der Waals surface area contributed by atoms with Crippen molar-refractivity contribution in [1.29, 1.82) is 0 Å². The number of aryl methyl sites for hydroxylation is 1. The number of hydrogen-bond acceptors (Lipinski definition) is 8. The van der Waals surface area contributed by atoms with Gasteiger partial charge in [0.1, 0.15) is 17.4 Å². The summed E-state index contributed by atoms with van der Waals surface area (Å²) in [4.78, 5) is 31.8. The first-order valence-corrected chi connectivity index (χ1v) is 11.3. The van der Waals surface area contributed by atoms with Gasteiger partial charge in [-0.1, -0.05) is 24.3 Å². The summed E-state index contributed by atoms with van der Waals surface area (Å²) in [5.41, 5.74) is 8.24. The fraction of sp³-hybridized carbons (Fsp3) is 0.240. The molecule has 1 aliphatic rings. The monoisotopic (exact) mass is 510 g/mol. The third-order valence-electron chi connectivity index (χ3n) is 5.61. The number of alkyl halides is 3. The summed E-state index contributed by atoms with van der Waals surface area (Å²) in [6.45, 7) is 0.00996. The quantitative estimate of drug-likeness (QED) is 0.426. The molecule has 1 amide bonds. The van der Waals surface area contributed by atoms with Crippen LogP contribution in [-0.2, 0) is 4.79 Å². The van der Waals surface area contributed by atoms with Crippen molar-refractivity contribution in [3.05, 3.63) is 65.5 Å². The zero-order valence-electron chi connectivity index (χ0n) is 20.4. The third-order valence-corrected chi connectivity index (χ3v) is 5.61. The van der Waals surface area contributed by atoms with E-state index in [9.17, 15) is 18.0 Å². The Morgan fingerprint density at radius 3 is 2.70 bits per heavy atom. The van der Waals surface area contributed by atoms with Gasteiger partial charge < -0.3 is 21.3 Å². The van der Waals surface area contributed by atoms with E-state index in [1.165, 1.54) is 12.4 Å². The van der Waals surface area contributed by atoms with Gasteiger partial charge in [0.2, 0.25) is 5.95 Å². The number of aromatic nitrogens is 4. The van der Waals surface area contributed by atoms with E-state index < -0.39 is 24.1 Å². The number of carbonyl (C=O) groups is 1. The van der Waals surface area contributed by atoms with Gasteiger partial charge >= 0.3 is 5.92 Å². The molecule has 0 saturated heterocycles. The Balaban J connectivity index is 1.62. The van der Waals surface area contributed by atoms with Gasteiger partial charge in [-0.05, 0) is 37.1 Å². The number of benzene rings is 1. The molecule has 1 aromatic carbocycles. The molecule has 0 fully saturated rings. The molecule has 0 aliphatic heterocycles. The van der Waals surface area contributed by atoms with Gasteiger partial charge in [-0.3, -0.25) is 4.79 Å². The minimum atomic E-state index is -3.68. The topological polar surface area (TPSA) is 122 Å². The molecule has 4 rings (SSSR count). The van der Waals surface area contributed by atoms with Crippen LogP contribution in [0.1, 0.15) is 12.0 Å². The molecule has 37 heavy (non-hydrogen) atoms. The van der Waals surface area contributed by atoms with Crippen LogP contribution >= 0.6 is 0 Å². The van der Waals surface area contributed by atoms with Crippen LogP contribution in [0.3, 0.4) is 0 Å². The van der Waals surface area contributed by atoms with Crippen molar-refractivity contribution in [3.63, 3.8) is 0 Å². The van der Waals surface area contributed by atoms with Gasteiger partial charge in [0.25, 0.3) is 5.91 Å². The number of halogens is 3. The number of carbonyl (C=O) groups excluding carboxylic acids is 1. The highest BCUT2D eigenvalue weighted by molar-refractivity contribution is 6.04.